The van der Waals surface area contributed by atoms with Gasteiger partial charge in [-0.3, -0.25) is 4.90 Å². The van der Waals surface area contributed by atoms with Crippen LogP contribution >= 0.6 is 11.6 Å². The molecule has 0 fully saturated rings. The number of urea groups is 1. The van der Waals surface area contributed by atoms with E-state index in [1.165, 1.54) is 0 Å². The van der Waals surface area contributed by atoms with Crippen LogP contribution in [0.3, 0.4) is 0 Å². The topological polar surface area (TPSA) is 46.3 Å². The third-order valence-electron chi connectivity index (χ3n) is 4.89. The Morgan fingerprint density at radius 1 is 1.04 bits per heavy atom. The molecular weight excluding hydrogens is 344 g/mol. The first-order chi connectivity index (χ1) is 12.5. The quantitative estimate of drug-likeness (QED) is 0.612. The molecule has 4 heteroatoms. The van der Waals surface area contributed by atoms with Gasteiger partial charge >= 0.3 is 6.03 Å². The van der Waals surface area contributed by atoms with Crippen molar-refractivity contribution in [2.75, 3.05) is 11.4 Å². The van der Waals surface area contributed by atoms with Crippen molar-refractivity contribution in [1.29, 1.82) is 0 Å². The van der Waals surface area contributed by atoms with Crippen LogP contribution in [0.25, 0.3) is 0 Å². The predicted molar refractivity (Wildman–Crippen MR) is 111 cm³/mol. The minimum atomic E-state index is -0.409. The number of rotatable bonds is 8. The van der Waals surface area contributed by atoms with Gasteiger partial charge in [0.2, 0.25) is 0 Å². The van der Waals surface area contributed by atoms with Crippen molar-refractivity contribution < 1.29 is 4.79 Å². The first-order valence-electron chi connectivity index (χ1n) is 9.45. The summed E-state index contributed by atoms with van der Waals surface area (Å²) in [5.74, 6) is 0.149. The fraction of sp³-hybridized carbons (Fsp3) is 0.409. The second-order valence-corrected chi connectivity index (χ2v) is 7.00. The van der Waals surface area contributed by atoms with Gasteiger partial charge in [-0.2, -0.15) is 0 Å². The van der Waals surface area contributed by atoms with Gasteiger partial charge in [-0.15, -0.1) is 0 Å². The number of hydrogen-bond donors (Lipinski definition) is 1. The summed E-state index contributed by atoms with van der Waals surface area (Å²) in [6.45, 7) is 6.90. The van der Waals surface area contributed by atoms with E-state index in [-0.39, 0.29) is 5.92 Å². The van der Waals surface area contributed by atoms with Gasteiger partial charge in [0.25, 0.3) is 0 Å². The number of primary amides is 1. The molecule has 0 saturated carbocycles. The number of benzene rings is 2. The summed E-state index contributed by atoms with van der Waals surface area (Å²) in [6.07, 6.45) is 3.68. The summed E-state index contributed by atoms with van der Waals surface area (Å²) < 4.78 is 0. The normalized spacial score (nSPS) is 12.0. The van der Waals surface area contributed by atoms with Gasteiger partial charge in [-0.25, -0.2) is 4.79 Å². The molecule has 2 rings (SSSR count). The molecule has 140 valence electrons. The Morgan fingerprint density at radius 3 is 2.15 bits per heavy atom. The number of para-hydroxylation sites is 1. The number of nitrogens with zero attached hydrogens (tertiary/aromatic N) is 1. The lowest BCUT2D eigenvalue weighted by atomic mass is 9.92. The summed E-state index contributed by atoms with van der Waals surface area (Å²) in [5, 5.41) is 0.745. The van der Waals surface area contributed by atoms with Crippen molar-refractivity contribution in [3.63, 3.8) is 0 Å². The molecule has 0 aliphatic heterocycles. The fourth-order valence-electron chi connectivity index (χ4n) is 3.57. The smallest absolute Gasteiger partial charge is 0.319 e. The number of amides is 2. The highest BCUT2D eigenvalue weighted by atomic mass is 35.5. The van der Waals surface area contributed by atoms with Gasteiger partial charge in [0, 0.05) is 17.5 Å². The Kier molecular flexibility index (Phi) is 7.52. The lowest BCUT2D eigenvalue weighted by molar-refractivity contribution is 0.253. The largest absolute Gasteiger partial charge is 0.351 e. The van der Waals surface area contributed by atoms with Crippen LogP contribution in [-0.2, 0) is 12.8 Å². The van der Waals surface area contributed by atoms with Gasteiger partial charge in [-0.05, 0) is 42.0 Å². The number of aryl methyl sites for hydroxylation is 2. The van der Waals surface area contributed by atoms with Crippen LogP contribution < -0.4 is 10.6 Å². The number of carbonyl (C=O) groups is 1. The zero-order chi connectivity index (χ0) is 19.1. The van der Waals surface area contributed by atoms with Crippen LogP contribution in [0.1, 0.15) is 56.2 Å². The maximum Gasteiger partial charge on any atom is 0.319 e. The van der Waals surface area contributed by atoms with Crippen LogP contribution in [0.4, 0.5) is 10.5 Å². The van der Waals surface area contributed by atoms with Crippen molar-refractivity contribution in [2.45, 2.75) is 52.4 Å². The van der Waals surface area contributed by atoms with Gasteiger partial charge in [0.05, 0.1) is 5.69 Å². The van der Waals surface area contributed by atoms with Crippen LogP contribution in [0.15, 0.2) is 42.5 Å². The summed E-state index contributed by atoms with van der Waals surface area (Å²) in [4.78, 5) is 14.2. The Balaban J connectivity index is 2.47. The molecule has 2 amide bonds. The van der Waals surface area contributed by atoms with E-state index in [2.05, 4.69) is 39.0 Å². The van der Waals surface area contributed by atoms with Crippen molar-refractivity contribution in [1.82, 2.24) is 0 Å². The molecule has 26 heavy (non-hydrogen) atoms. The molecule has 0 saturated heterocycles. The van der Waals surface area contributed by atoms with E-state index < -0.39 is 6.03 Å². The summed E-state index contributed by atoms with van der Waals surface area (Å²) in [7, 11) is 0. The van der Waals surface area contributed by atoms with E-state index in [1.807, 2.05) is 24.3 Å². The molecule has 2 aromatic rings. The Morgan fingerprint density at radius 2 is 1.65 bits per heavy atom. The third kappa shape index (κ3) is 4.59. The minimum Gasteiger partial charge on any atom is -0.351 e. The van der Waals surface area contributed by atoms with E-state index in [4.69, 9.17) is 17.3 Å². The number of carbonyl (C=O) groups excluding carboxylic acids is 1. The highest BCUT2D eigenvalue weighted by molar-refractivity contribution is 6.31. The third-order valence-corrected chi connectivity index (χ3v) is 5.23. The Bertz CT molecular complexity index is 722. The van der Waals surface area contributed by atoms with Crippen molar-refractivity contribution in [3.05, 3.63) is 64.2 Å². The highest BCUT2D eigenvalue weighted by Gasteiger charge is 2.24. The molecule has 0 heterocycles. The summed E-state index contributed by atoms with van der Waals surface area (Å²) in [5.41, 5.74) is 10.2. The zero-order valence-electron chi connectivity index (χ0n) is 16.0. The van der Waals surface area contributed by atoms with E-state index >= 15 is 0 Å². The van der Waals surface area contributed by atoms with E-state index in [9.17, 15) is 4.79 Å². The lowest BCUT2D eigenvalue weighted by Crippen LogP contribution is -2.40. The van der Waals surface area contributed by atoms with Crippen LogP contribution in [0.5, 0.6) is 0 Å². The molecule has 2 N–H and O–H groups in total. The van der Waals surface area contributed by atoms with E-state index in [0.717, 1.165) is 53.1 Å². The number of hydrogen-bond acceptors (Lipinski definition) is 1. The molecule has 0 bridgehead atoms. The molecule has 0 radical (unpaired) electrons. The molecule has 0 aromatic heterocycles. The first-order valence-corrected chi connectivity index (χ1v) is 9.83. The van der Waals surface area contributed by atoms with Crippen LogP contribution in [0.2, 0.25) is 5.02 Å². The standard InChI is InChI=1S/C22H29ClN2O/c1-4-10-18(19-13-7-8-14-20(19)23)15-25(22(24)26)21-16(5-2)11-9-12-17(21)6-3/h7-9,11-14,18H,4-6,10,15H2,1-3H3,(H2,24,26). The maximum atomic E-state index is 12.4. The van der Waals surface area contributed by atoms with Crippen molar-refractivity contribution in [3.8, 4) is 0 Å². The number of halogens is 1. The molecular formula is C22H29ClN2O. The molecule has 0 aliphatic carbocycles. The predicted octanol–water partition coefficient (Wildman–Crippen LogP) is 5.93. The van der Waals surface area contributed by atoms with Gasteiger partial charge < -0.3 is 5.73 Å². The summed E-state index contributed by atoms with van der Waals surface area (Å²) >= 11 is 6.45. The molecule has 2 aromatic carbocycles. The zero-order valence-corrected chi connectivity index (χ0v) is 16.7. The highest BCUT2D eigenvalue weighted by Crippen LogP contribution is 2.33. The molecule has 0 spiro atoms. The molecule has 3 nitrogen and oxygen atoms in total. The second kappa shape index (κ2) is 9.63. The Labute approximate surface area is 162 Å². The lowest BCUT2D eigenvalue weighted by Gasteiger charge is -2.30. The molecule has 1 unspecified atom stereocenters. The molecule has 1 atom stereocenters. The fourth-order valence-corrected chi connectivity index (χ4v) is 3.86. The first kappa shape index (κ1) is 20.3. The van der Waals surface area contributed by atoms with E-state index in [0.29, 0.717) is 6.54 Å². The van der Waals surface area contributed by atoms with E-state index in [1.54, 1.807) is 4.90 Å². The minimum absolute atomic E-state index is 0.149. The average molecular weight is 373 g/mol. The number of nitrogens with two attached hydrogens (primary N) is 1. The monoisotopic (exact) mass is 372 g/mol. The van der Waals surface area contributed by atoms with Crippen LogP contribution in [0, 0.1) is 0 Å². The number of anilines is 1. The average Bonchev–Trinajstić information content (AvgIpc) is 2.64. The molecule has 0 aliphatic rings. The van der Waals surface area contributed by atoms with Crippen LogP contribution in [-0.4, -0.2) is 12.6 Å². The Hall–Kier alpha value is -2.00. The second-order valence-electron chi connectivity index (χ2n) is 6.59. The SMILES string of the molecule is CCCC(CN(C(N)=O)c1c(CC)cccc1CC)c1ccccc1Cl. The maximum absolute atomic E-state index is 12.4. The van der Waals surface area contributed by atoms with Crippen molar-refractivity contribution in [2.24, 2.45) is 5.73 Å². The van der Waals surface area contributed by atoms with Gasteiger partial charge in [0.15, 0.2) is 0 Å². The summed E-state index contributed by atoms with van der Waals surface area (Å²) in [6, 6.07) is 13.7. The van der Waals surface area contributed by atoms with Gasteiger partial charge in [0.1, 0.15) is 0 Å². The van der Waals surface area contributed by atoms with Gasteiger partial charge in [-0.1, -0.05) is 75.2 Å². The van der Waals surface area contributed by atoms with Crippen molar-refractivity contribution >= 4 is 23.3 Å².